The third-order valence-electron chi connectivity index (χ3n) is 0.957. The topological polar surface area (TPSA) is 9.23 Å². The second-order valence-corrected chi connectivity index (χ2v) is 1.85. The van der Waals surface area contributed by atoms with E-state index in [0.29, 0.717) is 12.4 Å². The number of hydrogen-bond donors (Lipinski definition) is 0. The van der Waals surface area contributed by atoms with Crippen LogP contribution in [0, 0.1) is 11.8 Å². The highest BCUT2D eigenvalue weighted by Gasteiger charge is 1.85. The first-order chi connectivity index (χ1) is 5.35. The van der Waals surface area contributed by atoms with Gasteiger partial charge < -0.3 is 4.74 Å². The number of ether oxygens (including phenoxy) is 1. The zero-order chi connectivity index (χ0) is 8.53. The van der Waals surface area contributed by atoms with E-state index in [-0.39, 0.29) is 0 Å². The van der Waals surface area contributed by atoms with E-state index in [1.54, 1.807) is 12.2 Å². The minimum Gasteiger partial charge on any atom is -0.486 e. The highest BCUT2D eigenvalue weighted by atomic mass is 16.5. The molecule has 0 aromatic rings. The van der Waals surface area contributed by atoms with Crippen LogP contribution in [0.25, 0.3) is 0 Å². The Morgan fingerprint density at radius 3 is 2.73 bits per heavy atom. The third kappa shape index (κ3) is 5.29. The Kier molecular flexibility index (Phi) is 6.22. The summed E-state index contributed by atoms with van der Waals surface area (Å²) in [5.41, 5.74) is 0. The molecule has 0 aliphatic rings. The van der Waals surface area contributed by atoms with Crippen LogP contribution in [0.5, 0.6) is 0 Å². The van der Waals surface area contributed by atoms with E-state index in [4.69, 9.17) is 4.74 Å². The van der Waals surface area contributed by atoms with Gasteiger partial charge in [0.25, 0.3) is 0 Å². The molecule has 0 N–H and O–H groups in total. The van der Waals surface area contributed by atoms with Gasteiger partial charge in [0, 0.05) is 6.42 Å². The number of rotatable bonds is 3. The fourth-order valence-corrected chi connectivity index (χ4v) is 0.564. The molecule has 0 spiro atoms. The van der Waals surface area contributed by atoms with E-state index in [1.165, 1.54) is 0 Å². The molecule has 60 valence electrons. The van der Waals surface area contributed by atoms with E-state index >= 15 is 0 Å². The molecule has 0 rings (SSSR count). The molecule has 0 fully saturated rings. The summed E-state index contributed by atoms with van der Waals surface area (Å²) in [6, 6.07) is 0. The van der Waals surface area contributed by atoms with Gasteiger partial charge >= 0.3 is 0 Å². The second kappa shape index (κ2) is 6.95. The summed E-state index contributed by atoms with van der Waals surface area (Å²) >= 11 is 0. The van der Waals surface area contributed by atoms with Crippen LogP contribution < -0.4 is 0 Å². The average Bonchev–Trinajstić information content (AvgIpc) is 2.01. The van der Waals surface area contributed by atoms with Crippen LogP contribution in [0.2, 0.25) is 0 Å². The lowest BCUT2D eigenvalue weighted by molar-refractivity contribution is 0.246. The van der Waals surface area contributed by atoms with Crippen LogP contribution in [0.1, 0.15) is 20.3 Å². The Bertz CT molecular complexity index is 191. The Morgan fingerprint density at radius 1 is 1.55 bits per heavy atom. The minimum atomic E-state index is 0.651. The molecule has 0 radical (unpaired) electrons. The molecule has 0 unspecified atom stereocenters. The van der Waals surface area contributed by atoms with Gasteiger partial charge in [-0.1, -0.05) is 25.5 Å². The highest BCUT2D eigenvalue weighted by Crippen LogP contribution is 1.94. The maximum atomic E-state index is 5.20. The van der Waals surface area contributed by atoms with Gasteiger partial charge in [0.1, 0.15) is 0 Å². The Morgan fingerprint density at radius 2 is 2.27 bits per heavy atom. The van der Waals surface area contributed by atoms with E-state index in [0.717, 1.165) is 6.42 Å². The Balaban J connectivity index is 4.10. The molecule has 0 saturated heterocycles. The minimum absolute atomic E-state index is 0.651. The lowest BCUT2D eigenvalue weighted by Crippen LogP contribution is -1.87. The molecule has 0 saturated carbocycles. The molecule has 11 heavy (non-hydrogen) atoms. The Labute approximate surface area is 68.8 Å². The summed E-state index contributed by atoms with van der Waals surface area (Å²) in [6.45, 7) is 8.16. The fourth-order valence-electron chi connectivity index (χ4n) is 0.564. The van der Waals surface area contributed by atoms with Crippen LogP contribution in [-0.4, -0.2) is 6.61 Å². The molecule has 0 aromatic carbocycles. The first-order valence-electron chi connectivity index (χ1n) is 3.79. The summed E-state index contributed by atoms with van der Waals surface area (Å²) in [7, 11) is 0. The molecule has 0 aliphatic carbocycles. The van der Waals surface area contributed by atoms with Gasteiger partial charge in [0.15, 0.2) is 5.76 Å². The van der Waals surface area contributed by atoms with Crippen LogP contribution in [0.4, 0.5) is 0 Å². The van der Waals surface area contributed by atoms with Crippen LogP contribution in [0.3, 0.4) is 0 Å². The van der Waals surface area contributed by atoms with Crippen molar-refractivity contribution in [2.24, 2.45) is 0 Å². The zero-order valence-corrected chi connectivity index (χ0v) is 7.18. The summed E-state index contributed by atoms with van der Waals surface area (Å²) in [4.78, 5) is 0. The first kappa shape index (κ1) is 9.84. The van der Waals surface area contributed by atoms with Crippen molar-refractivity contribution >= 4 is 0 Å². The van der Waals surface area contributed by atoms with Gasteiger partial charge in [0.05, 0.1) is 6.61 Å². The average molecular weight is 150 g/mol. The van der Waals surface area contributed by atoms with Crippen molar-refractivity contribution in [2.45, 2.75) is 20.3 Å². The molecule has 0 aromatic heterocycles. The lowest BCUT2D eigenvalue weighted by atomic mass is 10.4. The van der Waals surface area contributed by atoms with Crippen LogP contribution in [-0.2, 0) is 4.74 Å². The van der Waals surface area contributed by atoms with Crippen molar-refractivity contribution in [2.75, 3.05) is 6.61 Å². The van der Waals surface area contributed by atoms with E-state index in [9.17, 15) is 0 Å². The van der Waals surface area contributed by atoms with Crippen molar-refractivity contribution in [3.8, 4) is 11.8 Å². The largest absolute Gasteiger partial charge is 0.486 e. The van der Waals surface area contributed by atoms with Crippen molar-refractivity contribution < 1.29 is 4.74 Å². The monoisotopic (exact) mass is 150 g/mol. The van der Waals surface area contributed by atoms with Gasteiger partial charge in [-0.15, -0.1) is 0 Å². The molecule has 0 aliphatic heterocycles. The Hall–Kier alpha value is -1.16. The lowest BCUT2D eigenvalue weighted by Gasteiger charge is -1.98. The quantitative estimate of drug-likeness (QED) is 0.341. The fraction of sp³-hybridized carbons (Fsp3) is 0.400. The van der Waals surface area contributed by atoms with Gasteiger partial charge in [-0.3, -0.25) is 0 Å². The third-order valence-corrected chi connectivity index (χ3v) is 0.957. The number of allylic oxidation sites excluding steroid dienone is 3. The summed E-state index contributed by atoms with van der Waals surface area (Å²) < 4.78 is 5.20. The van der Waals surface area contributed by atoms with Crippen LogP contribution in [0.15, 0.2) is 24.5 Å². The maximum absolute atomic E-state index is 5.20. The molecule has 1 nitrogen and oxygen atoms in total. The molecule has 0 amide bonds. The normalized spacial score (nSPS) is 9.82. The zero-order valence-electron chi connectivity index (χ0n) is 7.18. The summed E-state index contributed by atoms with van der Waals surface area (Å²) in [6.07, 6.45) is 4.29. The van der Waals surface area contributed by atoms with Crippen molar-refractivity contribution in [1.29, 1.82) is 0 Å². The second-order valence-electron chi connectivity index (χ2n) is 1.85. The van der Waals surface area contributed by atoms with Gasteiger partial charge in [-0.2, -0.15) is 0 Å². The summed E-state index contributed by atoms with van der Waals surface area (Å²) in [5, 5.41) is 0. The SMILES string of the molecule is C=C/C=C(/C#CCC)OCC. The van der Waals surface area contributed by atoms with E-state index in [1.807, 2.05) is 13.8 Å². The molecule has 0 bridgehead atoms. The predicted octanol–water partition coefficient (Wildman–Crippen LogP) is 2.51. The molecule has 0 atom stereocenters. The molecular weight excluding hydrogens is 136 g/mol. The van der Waals surface area contributed by atoms with Crippen molar-refractivity contribution in [3.05, 3.63) is 24.5 Å². The molecule has 0 heterocycles. The molecular formula is C10H14O. The van der Waals surface area contributed by atoms with Gasteiger partial charge in [0.2, 0.25) is 0 Å². The van der Waals surface area contributed by atoms with Crippen LogP contribution >= 0.6 is 0 Å². The predicted molar refractivity (Wildman–Crippen MR) is 48.0 cm³/mol. The highest BCUT2D eigenvalue weighted by molar-refractivity contribution is 5.25. The maximum Gasteiger partial charge on any atom is 0.169 e. The van der Waals surface area contributed by atoms with Gasteiger partial charge in [-0.25, -0.2) is 0 Å². The smallest absolute Gasteiger partial charge is 0.169 e. The van der Waals surface area contributed by atoms with Crippen molar-refractivity contribution in [3.63, 3.8) is 0 Å². The number of hydrogen-bond acceptors (Lipinski definition) is 1. The standard InChI is InChI=1S/C10H14O/c1-4-7-9-10(8-5-2)11-6-3/h5,8H,2,4,6H2,1,3H3/b10-8-. The van der Waals surface area contributed by atoms with Gasteiger partial charge in [-0.05, 0) is 18.9 Å². The molecule has 1 heteroatoms. The summed E-state index contributed by atoms with van der Waals surface area (Å²) in [5.74, 6) is 6.51. The van der Waals surface area contributed by atoms with E-state index in [2.05, 4.69) is 18.4 Å². The van der Waals surface area contributed by atoms with E-state index < -0.39 is 0 Å². The first-order valence-corrected chi connectivity index (χ1v) is 3.79. The van der Waals surface area contributed by atoms with Crippen molar-refractivity contribution in [1.82, 2.24) is 0 Å².